The zero-order valence-corrected chi connectivity index (χ0v) is 11.2. The first-order valence-corrected chi connectivity index (χ1v) is 6.68. The van der Waals surface area contributed by atoms with E-state index in [1.54, 1.807) is 30.6 Å². The molecule has 98 valence electrons. The smallest absolute Gasteiger partial charge is 0.253 e. The Balaban J connectivity index is 1.75. The van der Waals surface area contributed by atoms with Gasteiger partial charge in [0.05, 0.1) is 12.0 Å². The van der Waals surface area contributed by atoms with Crippen LogP contribution in [-0.4, -0.2) is 33.9 Å². The van der Waals surface area contributed by atoms with Crippen molar-refractivity contribution in [2.24, 2.45) is 0 Å². The number of imidazole rings is 1. The number of nitrogens with zero attached hydrogens (tertiary/aromatic N) is 2. The van der Waals surface area contributed by atoms with Gasteiger partial charge in [-0.2, -0.15) is 0 Å². The average Bonchev–Trinajstić information content (AvgIpc) is 2.78. The van der Waals surface area contributed by atoms with Crippen LogP contribution in [0.4, 0.5) is 0 Å². The van der Waals surface area contributed by atoms with Crippen molar-refractivity contribution >= 4 is 17.5 Å². The molecule has 1 aliphatic heterocycles. The van der Waals surface area contributed by atoms with Crippen LogP contribution in [0.1, 0.15) is 21.7 Å². The Morgan fingerprint density at radius 2 is 1.95 bits per heavy atom. The van der Waals surface area contributed by atoms with Crippen LogP contribution in [0.2, 0.25) is 5.02 Å². The van der Waals surface area contributed by atoms with E-state index in [1.165, 1.54) is 0 Å². The van der Waals surface area contributed by atoms with Gasteiger partial charge in [0.2, 0.25) is 0 Å². The highest BCUT2D eigenvalue weighted by Crippen LogP contribution is 2.15. The largest absolute Gasteiger partial charge is 0.348 e. The Kier molecular flexibility index (Phi) is 3.25. The fourth-order valence-corrected chi connectivity index (χ4v) is 2.48. The van der Waals surface area contributed by atoms with Crippen LogP contribution in [0.25, 0.3) is 0 Å². The topological polar surface area (TPSA) is 49.0 Å². The van der Waals surface area contributed by atoms with Crippen LogP contribution >= 0.6 is 11.6 Å². The molecule has 1 amide bonds. The Bertz CT molecular complexity index is 568. The molecule has 0 fully saturated rings. The molecule has 0 saturated carbocycles. The predicted octanol–water partition coefficient (Wildman–Crippen LogP) is 2.30. The lowest BCUT2D eigenvalue weighted by Gasteiger charge is -2.20. The minimum Gasteiger partial charge on any atom is -0.348 e. The summed E-state index contributed by atoms with van der Waals surface area (Å²) in [6, 6.07) is 7.04. The molecule has 0 saturated heterocycles. The zero-order chi connectivity index (χ0) is 13.2. The number of rotatable bonds is 1. The summed E-state index contributed by atoms with van der Waals surface area (Å²) in [5, 5.41) is 0.645. The molecule has 19 heavy (non-hydrogen) atoms. The molecule has 4 nitrogen and oxygen atoms in total. The lowest BCUT2D eigenvalue weighted by atomic mass is 10.2. The van der Waals surface area contributed by atoms with Crippen molar-refractivity contribution in [1.29, 1.82) is 0 Å². The minimum absolute atomic E-state index is 0.0572. The summed E-state index contributed by atoms with van der Waals surface area (Å²) in [4.78, 5) is 21.7. The molecule has 0 spiro atoms. The van der Waals surface area contributed by atoms with Gasteiger partial charge in [-0.05, 0) is 24.3 Å². The molecule has 0 aliphatic carbocycles. The quantitative estimate of drug-likeness (QED) is 0.868. The number of halogens is 1. The summed E-state index contributed by atoms with van der Waals surface area (Å²) >= 11 is 5.84. The summed E-state index contributed by atoms with van der Waals surface area (Å²) < 4.78 is 0. The summed E-state index contributed by atoms with van der Waals surface area (Å²) in [6.45, 7) is 1.43. The van der Waals surface area contributed by atoms with Gasteiger partial charge in [0, 0.05) is 42.2 Å². The number of amides is 1. The zero-order valence-electron chi connectivity index (χ0n) is 10.4. The fourth-order valence-electron chi connectivity index (χ4n) is 2.36. The maximum atomic E-state index is 12.4. The highest BCUT2D eigenvalue weighted by atomic mass is 35.5. The fraction of sp³-hybridized carbons (Fsp3) is 0.286. The van der Waals surface area contributed by atoms with Crippen LogP contribution in [-0.2, 0) is 12.8 Å². The molecule has 1 aromatic heterocycles. The van der Waals surface area contributed by atoms with Gasteiger partial charge in [-0.25, -0.2) is 4.98 Å². The van der Waals surface area contributed by atoms with Crippen molar-refractivity contribution in [3.05, 3.63) is 52.6 Å². The number of nitrogens with one attached hydrogen (secondary N) is 1. The molecule has 0 unspecified atom stereocenters. The van der Waals surface area contributed by atoms with Crippen molar-refractivity contribution < 1.29 is 4.79 Å². The van der Waals surface area contributed by atoms with Gasteiger partial charge < -0.3 is 9.88 Å². The maximum Gasteiger partial charge on any atom is 0.253 e. The van der Waals surface area contributed by atoms with Crippen molar-refractivity contribution in [3.63, 3.8) is 0 Å². The number of aromatic amines is 1. The second-order valence-corrected chi connectivity index (χ2v) is 5.06. The SMILES string of the molecule is O=C(c1ccc(Cl)cc1)N1CCc2nc[nH]c2CC1. The average molecular weight is 276 g/mol. The van der Waals surface area contributed by atoms with Crippen LogP contribution in [0.5, 0.6) is 0 Å². The van der Waals surface area contributed by atoms with Gasteiger partial charge in [-0.3, -0.25) is 4.79 Å². The van der Waals surface area contributed by atoms with Gasteiger partial charge >= 0.3 is 0 Å². The number of aromatic nitrogens is 2. The molecular weight excluding hydrogens is 262 g/mol. The van der Waals surface area contributed by atoms with Crippen LogP contribution in [0, 0.1) is 0 Å². The molecule has 2 aromatic rings. The number of benzene rings is 1. The van der Waals surface area contributed by atoms with E-state index in [9.17, 15) is 4.79 Å². The highest BCUT2D eigenvalue weighted by molar-refractivity contribution is 6.30. The van der Waals surface area contributed by atoms with Gasteiger partial charge in [0.25, 0.3) is 5.91 Å². The molecule has 5 heteroatoms. The molecule has 1 aliphatic rings. The first-order valence-electron chi connectivity index (χ1n) is 6.30. The Hall–Kier alpha value is -1.81. The van der Waals surface area contributed by atoms with Crippen molar-refractivity contribution in [2.75, 3.05) is 13.1 Å². The molecule has 0 atom stereocenters. The number of carbonyl (C=O) groups excluding carboxylic acids is 1. The Labute approximate surface area is 116 Å². The van der Waals surface area contributed by atoms with Crippen LogP contribution in [0.3, 0.4) is 0 Å². The normalized spacial score (nSPS) is 14.9. The number of hydrogen-bond acceptors (Lipinski definition) is 2. The highest BCUT2D eigenvalue weighted by Gasteiger charge is 2.20. The molecule has 1 aromatic carbocycles. The summed E-state index contributed by atoms with van der Waals surface area (Å²) in [5.74, 6) is 0.0572. The van der Waals surface area contributed by atoms with Crippen LogP contribution < -0.4 is 0 Å². The van der Waals surface area contributed by atoms with Crippen molar-refractivity contribution in [2.45, 2.75) is 12.8 Å². The van der Waals surface area contributed by atoms with Crippen molar-refractivity contribution in [1.82, 2.24) is 14.9 Å². The molecule has 3 rings (SSSR count). The standard InChI is InChI=1S/C14H14ClN3O/c15-11-3-1-10(2-4-11)14(19)18-7-5-12-13(6-8-18)17-9-16-12/h1-4,9H,5-8H2,(H,16,17). The second-order valence-electron chi connectivity index (χ2n) is 4.63. The third-order valence-electron chi connectivity index (χ3n) is 3.44. The molecule has 1 N–H and O–H groups in total. The summed E-state index contributed by atoms with van der Waals surface area (Å²) in [5.41, 5.74) is 2.90. The number of hydrogen-bond donors (Lipinski definition) is 1. The number of carbonyl (C=O) groups is 1. The van der Waals surface area contributed by atoms with Crippen LogP contribution in [0.15, 0.2) is 30.6 Å². The molecule has 0 bridgehead atoms. The third-order valence-corrected chi connectivity index (χ3v) is 3.69. The van der Waals surface area contributed by atoms with E-state index in [0.717, 1.165) is 30.8 Å². The Morgan fingerprint density at radius 3 is 2.74 bits per heavy atom. The molecular formula is C14H14ClN3O. The van der Waals surface area contributed by atoms with Gasteiger partial charge in [0.15, 0.2) is 0 Å². The first kappa shape index (κ1) is 12.2. The molecule has 0 radical (unpaired) electrons. The summed E-state index contributed by atoms with van der Waals surface area (Å²) in [7, 11) is 0. The summed E-state index contributed by atoms with van der Waals surface area (Å²) in [6.07, 6.45) is 3.36. The van der Waals surface area contributed by atoms with Gasteiger partial charge in [-0.15, -0.1) is 0 Å². The van der Waals surface area contributed by atoms with E-state index in [2.05, 4.69) is 9.97 Å². The monoisotopic (exact) mass is 275 g/mol. The second kappa shape index (κ2) is 5.05. The van der Waals surface area contributed by atoms with Gasteiger partial charge in [0.1, 0.15) is 0 Å². The lowest BCUT2D eigenvalue weighted by Crippen LogP contribution is -2.33. The third kappa shape index (κ3) is 2.49. The first-order chi connectivity index (χ1) is 9.24. The maximum absolute atomic E-state index is 12.4. The number of H-pyrrole nitrogens is 1. The molecule has 2 heterocycles. The van der Waals surface area contributed by atoms with E-state index in [-0.39, 0.29) is 5.91 Å². The van der Waals surface area contributed by atoms with E-state index < -0.39 is 0 Å². The van der Waals surface area contributed by atoms with E-state index in [0.29, 0.717) is 17.1 Å². The van der Waals surface area contributed by atoms with Crippen molar-refractivity contribution in [3.8, 4) is 0 Å². The lowest BCUT2D eigenvalue weighted by molar-refractivity contribution is 0.0762. The minimum atomic E-state index is 0.0572. The Morgan fingerprint density at radius 1 is 1.21 bits per heavy atom. The van der Waals surface area contributed by atoms with E-state index >= 15 is 0 Å². The predicted molar refractivity (Wildman–Crippen MR) is 73.4 cm³/mol. The van der Waals surface area contributed by atoms with E-state index in [4.69, 9.17) is 11.6 Å². The van der Waals surface area contributed by atoms with E-state index in [1.807, 2.05) is 4.90 Å². The van der Waals surface area contributed by atoms with Gasteiger partial charge in [-0.1, -0.05) is 11.6 Å². The number of fused-ring (bicyclic) bond motifs is 1.